The van der Waals surface area contributed by atoms with Crippen LogP contribution in [0.25, 0.3) is 0 Å². The van der Waals surface area contributed by atoms with E-state index in [1.165, 1.54) is 17.5 Å². The van der Waals surface area contributed by atoms with Crippen LogP contribution in [0.2, 0.25) is 0 Å². The highest BCUT2D eigenvalue weighted by atomic mass is 16.1. The van der Waals surface area contributed by atoms with Gasteiger partial charge in [-0.2, -0.15) is 0 Å². The number of fused-ring (bicyclic) bond motifs is 1. The van der Waals surface area contributed by atoms with Crippen molar-refractivity contribution in [1.82, 2.24) is 0 Å². The van der Waals surface area contributed by atoms with Gasteiger partial charge < -0.3 is 5.73 Å². The van der Waals surface area contributed by atoms with E-state index in [1.807, 2.05) is 12.1 Å². The van der Waals surface area contributed by atoms with Crippen LogP contribution in [0.4, 0.5) is 0 Å². The van der Waals surface area contributed by atoms with E-state index < -0.39 is 0 Å². The van der Waals surface area contributed by atoms with Gasteiger partial charge in [0, 0.05) is 5.56 Å². The summed E-state index contributed by atoms with van der Waals surface area (Å²) in [6.45, 7) is 4.46. The van der Waals surface area contributed by atoms with Crippen LogP contribution in [0.1, 0.15) is 48.2 Å². The van der Waals surface area contributed by atoms with Gasteiger partial charge in [-0.3, -0.25) is 4.79 Å². The minimum absolute atomic E-state index is 0.180. The van der Waals surface area contributed by atoms with Crippen LogP contribution in [0.3, 0.4) is 0 Å². The van der Waals surface area contributed by atoms with Gasteiger partial charge in [0.1, 0.15) is 0 Å². The van der Waals surface area contributed by atoms with E-state index in [0.29, 0.717) is 5.56 Å². The number of benzene rings is 1. The van der Waals surface area contributed by atoms with E-state index in [-0.39, 0.29) is 11.3 Å². The lowest BCUT2D eigenvalue weighted by Gasteiger charge is -2.33. The van der Waals surface area contributed by atoms with Gasteiger partial charge >= 0.3 is 0 Å². The first-order valence-corrected chi connectivity index (χ1v) is 5.44. The molecular formula is C13H17NO. The van der Waals surface area contributed by atoms with Crippen molar-refractivity contribution < 1.29 is 4.79 Å². The molecule has 80 valence electrons. The topological polar surface area (TPSA) is 43.1 Å². The molecule has 0 aromatic heterocycles. The van der Waals surface area contributed by atoms with Gasteiger partial charge in [0.05, 0.1) is 0 Å². The zero-order chi connectivity index (χ0) is 11.1. The second kappa shape index (κ2) is 3.37. The van der Waals surface area contributed by atoms with Crippen LogP contribution in [0.15, 0.2) is 18.2 Å². The Kier molecular flexibility index (Phi) is 2.29. The Hall–Kier alpha value is -1.31. The van der Waals surface area contributed by atoms with Gasteiger partial charge in [-0.05, 0) is 41.9 Å². The molecule has 0 saturated heterocycles. The van der Waals surface area contributed by atoms with Crippen LogP contribution in [-0.2, 0) is 11.8 Å². The largest absolute Gasteiger partial charge is 0.366 e. The van der Waals surface area contributed by atoms with Crippen molar-refractivity contribution in [3.8, 4) is 0 Å². The summed E-state index contributed by atoms with van der Waals surface area (Å²) in [5, 5.41) is 0. The van der Waals surface area contributed by atoms with Crippen LogP contribution in [0.5, 0.6) is 0 Å². The van der Waals surface area contributed by atoms with Crippen molar-refractivity contribution in [1.29, 1.82) is 0 Å². The number of amides is 1. The first-order valence-electron chi connectivity index (χ1n) is 5.44. The predicted octanol–water partition coefficient (Wildman–Crippen LogP) is 2.40. The zero-order valence-electron chi connectivity index (χ0n) is 9.34. The fourth-order valence-electron chi connectivity index (χ4n) is 2.56. The summed E-state index contributed by atoms with van der Waals surface area (Å²) < 4.78 is 0. The fourth-order valence-corrected chi connectivity index (χ4v) is 2.56. The Morgan fingerprint density at radius 3 is 2.80 bits per heavy atom. The summed E-state index contributed by atoms with van der Waals surface area (Å²) >= 11 is 0. The average molecular weight is 203 g/mol. The standard InChI is InChI=1S/C13H17NO/c1-13(2)8-4-6-9-10(12(14)15)5-3-7-11(9)13/h3,5,7H,4,6,8H2,1-2H3,(H2,14,15). The normalized spacial score (nSPS) is 18.3. The molecule has 1 aliphatic carbocycles. The molecule has 0 fully saturated rings. The molecule has 0 saturated carbocycles. The number of primary amides is 1. The molecule has 0 aliphatic heterocycles. The molecule has 1 amide bonds. The van der Waals surface area contributed by atoms with E-state index in [4.69, 9.17) is 5.73 Å². The molecule has 0 spiro atoms. The minimum Gasteiger partial charge on any atom is -0.366 e. The summed E-state index contributed by atoms with van der Waals surface area (Å²) in [5.74, 6) is -0.301. The molecule has 2 heteroatoms. The van der Waals surface area contributed by atoms with E-state index >= 15 is 0 Å². The van der Waals surface area contributed by atoms with Crippen molar-refractivity contribution >= 4 is 5.91 Å². The number of carbonyl (C=O) groups excluding carboxylic acids is 1. The van der Waals surface area contributed by atoms with Gasteiger partial charge in [-0.25, -0.2) is 0 Å². The van der Waals surface area contributed by atoms with Gasteiger partial charge in [0.15, 0.2) is 0 Å². The number of hydrogen-bond acceptors (Lipinski definition) is 1. The van der Waals surface area contributed by atoms with Gasteiger partial charge in [-0.1, -0.05) is 26.0 Å². The second-order valence-electron chi connectivity index (χ2n) is 4.93. The molecule has 0 heterocycles. The molecule has 0 bridgehead atoms. The Labute approximate surface area is 90.5 Å². The van der Waals surface area contributed by atoms with Crippen molar-refractivity contribution in [3.63, 3.8) is 0 Å². The van der Waals surface area contributed by atoms with Crippen molar-refractivity contribution in [2.75, 3.05) is 0 Å². The first kappa shape index (κ1) is 10.2. The van der Waals surface area contributed by atoms with Crippen molar-refractivity contribution in [2.45, 2.75) is 38.5 Å². The highest BCUT2D eigenvalue weighted by Gasteiger charge is 2.29. The van der Waals surface area contributed by atoms with E-state index in [2.05, 4.69) is 19.9 Å². The van der Waals surface area contributed by atoms with E-state index in [1.54, 1.807) is 0 Å². The highest BCUT2D eigenvalue weighted by Crippen LogP contribution is 2.37. The summed E-state index contributed by atoms with van der Waals surface area (Å²) in [4.78, 5) is 11.3. The number of hydrogen-bond donors (Lipinski definition) is 1. The van der Waals surface area contributed by atoms with Crippen LogP contribution in [-0.4, -0.2) is 5.91 Å². The van der Waals surface area contributed by atoms with Gasteiger partial charge in [-0.15, -0.1) is 0 Å². The molecule has 0 radical (unpaired) electrons. The van der Waals surface area contributed by atoms with Crippen molar-refractivity contribution in [2.24, 2.45) is 5.73 Å². The van der Waals surface area contributed by atoms with Crippen LogP contribution < -0.4 is 5.73 Å². The maximum absolute atomic E-state index is 11.3. The lowest BCUT2D eigenvalue weighted by atomic mass is 9.71. The van der Waals surface area contributed by atoms with Gasteiger partial charge in [0.25, 0.3) is 0 Å². The molecule has 1 aromatic rings. The Balaban J connectivity index is 2.61. The third-order valence-electron chi connectivity index (χ3n) is 3.40. The molecule has 2 nitrogen and oxygen atoms in total. The lowest BCUT2D eigenvalue weighted by molar-refractivity contribution is 0.0999. The Bertz CT molecular complexity index is 407. The Morgan fingerprint density at radius 1 is 1.40 bits per heavy atom. The summed E-state index contributed by atoms with van der Waals surface area (Å²) in [5.41, 5.74) is 8.74. The smallest absolute Gasteiger partial charge is 0.248 e. The van der Waals surface area contributed by atoms with E-state index in [9.17, 15) is 4.79 Å². The summed E-state index contributed by atoms with van der Waals surface area (Å²) in [6.07, 6.45) is 3.31. The van der Waals surface area contributed by atoms with Crippen LogP contribution in [0, 0.1) is 0 Å². The predicted molar refractivity (Wildman–Crippen MR) is 60.9 cm³/mol. The highest BCUT2D eigenvalue weighted by molar-refractivity contribution is 5.94. The fraction of sp³-hybridized carbons (Fsp3) is 0.462. The zero-order valence-corrected chi connectivity index (χ0v) is 9.34. The third kappa shape index (κ3) is 1.65. The molecule has 1 aliphatic rings. The molecule has 1 aromatic carbocycles. The number of carbonyl (C=O) groups is 1. The molecule has 15 heavy (non-hydrogen) atoms. The minimum atomic E-state index is -0.301. The molecule has 0 unspecified atom stereocenters. The maximum atomic E-state index is 11.3. The second-order valence-corrected chi connectivity index (χ2v) is 4.93. The molecular weight excluding hydrogens is 186 g/mol. The Morgan fingerprint density at radius 2 is 2.13 bits per heavy atom. The SMILES string of the molecule is CC1(C)CCCc2c(C(N)=O)cccc21. The molecule has 2 rings (SSSR count). The van der Waals surface area contributed by atoms with Crippen molar-refractivity contribution in [3.05, 3.63) is 34.9 Å². The summed E-state index contributed by atoms with van der Waals surface area (Å²) in [7, 11) is 0. The summed E-state index contributed by atoms with van der Waals surface area (Å²) in [6, 6.07) is 5.90. The number of rotatable bonds is 1. The maximum Gasteiger partial charge on any atom is 0.248 e. The van der Waals surface area contributed by atoms with E-state index in [0.717, 1.165) is 12.8 Å². The number of nitrogens with two attached hydrogens (primary N) is 1. The average Bonchev–Trinajstić information content (AvgIpc) is 2.16. The first-order chi connectivity index (χ1) is 7.02. The monoisotopic (exact) mass is 203 g/mol. The molecule has 0 atom stereocenters. The van der Waals surface area contributed by atoms with Crippen LogP contribution >= 0.6 is 0 Å². The van der Waals surface area contributed by atoms with Gasteiger partial charge in [0.2, 0.25) is 5.91 Å². The molecule has 2 N–H and O–H groups in total. The lowest BCUT2D eigenvalue weighted by Crippen LogP contribution is -2.26. The third-order valence-corrected chi connectivity index (χ3v) is 3.40. The quantitative estimate of drug-likeness (QED) is 0.748.